The summed E-state index contributed by atoms with van der Waals surface area (Å²) in [6.07, 6.45) is 1.84. The third-order valence-corrected chi connectivity index (χ3v) is 2.73. The molecule has 0 aliphatic heterocycles. The summed E-state index contributed by atoms with van der Waals surface area (Å²) in [5, 5.41) is 13.7. The van der Waals surface area contributed by atoms with Gasteiger partial charge in [0.25, 0.3) is 0 Å². The van der Waals surface area contributed by atoms with Crippen molar-refractivity contribution in [2.45, 2.75) is 19.6 Å². The van der Waals surface area contributed by atoms with Crippen molar-refractivity contribution in [3.63, 3.8) is 0 Å². The lowest BCUT2D eigenvalue weighted by atomic mass is 10.2. The molecule has 1 atom stereocenters. The van der Waals surface area contributed by atoms with Gasteiger partial charge in [-0.25, -0.2) is 0 Å². The van der Waals surface area contributed by atoms with Crippen LogP contribution in [0.5, 0.6) is 0 Å². The zero-order valence-electron chi connectivity index (χ0n) is 9.77. The van der Waals surface area contributed by atoms with E-state index in [1.807, 2.05) is 0 Å². The van der Waals surface area contributed by atoms with Gasteiger partial charge in [0.15, 0.2) is 0 Å². The molecule has 0 saturated heterocycles. The number of nitrogens with one attached hydrogen (secondary N) is 1. The number of hydrogen-bond donors (Lipinski definition) is 2. The third-order valence-electron chi connectivity index (χ3n) is 2.73. The van der Waals surface area contributed by atoms with E-state index in [1.54, 1.807) is 6.92 Å². The van der Waals surface area contributed by atoms with E-state index in [0.29, 0.717) is 6.54 Å². The van der Waals surface area contributed by atoms with Crippen LogP contribution in [-0.2, 0) is 13.6 Å². The van der Waals surface area contributed by atoms with Crippen LogP contribution < -0.4 is 5.32 Å². The first-order valence-corrected chi connectivity index (χ1v) is 5.60. The number of rotatable bonds is 4. The summed E-state index contributed by atoms with van der Waals surface area (Å²) in [5.74, 6) is 0. The van der Waals surface area contributed by atoms with Gasteiger partial charge in [-0.1, -0.05) is 18.2 Å². The smallest absolute Gasteiger partial charge is 0.0636 e. The molecule has 0 radical (unpaired) electrons. The van der Waals surface area contributed by atoms with Gasteiger partial charge in [0.2, 0.25) is 0 Å². The predicted octanol–water partition coefficient (Wildman–Crippen LogP) is 1.65. The Bertz CT molecular complexity index is 474. The van der Waals surface area contributed by atoms with Crippen LogP contribution >= 0.6 is 0 Å². The highest BCUT2D eigenvalue weighted by Crippen LogP contribution is 2.19. The maximum atomic E-state index is 9.18. The first kappa shape index (κ1) is 11.2. The van der Waals surface area contributed by atoms with Crippen LogP contribution in [0.15, 0.2) is 30.5 Å². The Labute approximate surface area is 95.7 Å². The molecule has 2 N–H and O–H groups in total. The Morgan fingerprint density at radius 2 is 2.12 bits per heavy atom. The molecule has 16 heavy (non-hydrogen) atoms. The van der Waals surface area contributed by atoms with E-state index >= 15 is 0 Å². The molecule has 0 bridgehead atoms. The number of aryl methyl sites for hydroxylation is 1. The van der Waals surface area contributed by atoms with E-state index in [1.165, 1.54) is 16.5 Å². The Morgan fingerprint density at radius 3 is 2.88 bits per heavy atom. The van der Waals surface area contributed by atoms with Gasteiger partial charge in [-0.2, -0.15) is 0 Å². The summed E-state index contributed by atoms with van der Waals surface area (Å²) in [6.45, 7) is 3.21. The molecular formula is C13H18N2O. The molecule has 0 aliphatic rings. The molecule has 3 heteroatoms. The number of fused-ring (bicyclic) bond motifs is 1. The van der Waals surface area contributed by atoms with Crippen molar-refractivity contribution in [2.24, 2.45) is 7.05 Å². The van der Waals surface area contributed by atoms with Gasteiger partial charge >= 0.3 is 0 Å². The molecule has 1 aromatic heterocycles. The van der Waals surface area contributed by atoms with Gasteiger partial charge < -0.3 is 15.0 Å². The summed E-state index contributed by atoms with van der Waals surface area (Å²) < 4.78 is 2.13. The Balaban J connectivity index is 2.18. The van der Waals surface area contributed by atoms with Crippen LogP contribution in [0, 0.1) is 0 Å². The molecule has 0 saturated carbocycles. The maximum Gasteiger partial charge on any atom is 0.0636 e. The maximum absolute atomic E-state index is 9.18. The van der Waals surface area contributed by atoms with E-state index in [4.69, 9.17) is 0 Å². The summed E-state index contributed by atoms with van der Waals surface area (Å²) in [5.41, 5.74) is 2.52. The Hall–Kier alpha value is -1.32. The van der Waals surface area contributed by atoms with E-state index in [0.717, 1.165) is 6.54 Å². The molecule has 0 amide bonds. The number of aliphatic hydroxyl groups excluding tert-OH is 1. The van der Waals surface area contributed by atoms with Crippen molar-refractivity contribution in [2.75, 3.05) is 6.54 Å². The van der Waals surface area contributed by atoms with Crippen LogP contribution in [-0.4, -0.2) is 22.3 Å². The number of para-hydroxylation sites is 1. The summed E-state index contributed by atoms with van der Waals surface area (Å²) in [6, 6.07) is 8.36. The number of hydrogen-bond acceptors (Lipinski definition) is 2. The van der Waals surface area contributed by atoms with Gasteiger partial charge in [-0.05, 0) is 18.6 Å². The second-order valence-electron chi connectivity index (χ2n) is 4.26. The zero-order chi connectivity index (χ0) is 11.5. The minimum absolute atomic E-state index is 0.296. The average molecular weight is 218 g/mol. The lowest BCUT2D eigenvalue weighted by Crippen LogP contribution is -2.23. The average Bonchev–Trinajstić information content (AvgIpc) is 2.57. The van der Waals surface area contributed by atoms with Crippen molar-refractivity contribution >= 4 is 10.9 Å². The second kappa shape index (κ2) is 4.68. The van der Waals surface area contributed by atoms with E-state index < -0.39 is 0 Å². The van der Waals surface area contributed by atoms with E-state index in [2.05, 4.69) is 47.4 Å². The molecule has 1 heterocycles. The fraction of sp³-hybridized carbons (Fsp3) is 0.385. The van der Waals surface area contributed by atoms with E-state index in [-0.39, 0.29) is 6.10 Å². The second-order valence-corrected chi connectivity index (χ2v) is 4.26. The Kier molecular flexibility index (Phi) is 3.27. The molecule has 86 valence electrons. The molecule has 2 rings (SSSR count). The van der Waals surface area contributed by atoms with Gasteiger partial charge in [-0.3, -0.25) is 0 Å². The van der Waals surface area contributed by atoms with Crippen LogP contribution in [0.2, 0.25) is 0 Å². The van der Waals surface area contributed by atoms with Crippen LogP contribution in [0.4, 0.5) is 0 Å². The SMILES string of the molecule is C[C@H](O)CNCc1cn(C)c2ccccc12. The molecule has 0 spiro atoms. The number of nitrogens with zero attached hydrogens (tertiary/aromatic N) is 1. The highest BCUT2D eigenvalue weighted by Gasteiger charge is 2.05. The van der Waals surface area contributed by atoms with Crippen molar-refractivity contribution in [3.05, 3.63) is 36.0 Å². The zero-order valence-corrected chi connectivity index (χ0v) is 9.77. The van der Waals surface area contributed by atoms with Crippen molar-refractivity contribution in [1.29, 1.82) is 0 Å². The monoisotopic (exact) mass is 218 g/mol. The first-order chi connectivity index (χ1) is 7.68. The fourth-order valence-electron chi connectivity index (χ4n) is 1.98. The summed E-state index contributed by atoms with van der Waals surface area (Å²) >= 11 is 0. The third kappa shape index (κ3) is 2.26. The quantitative estimate of drug-likeness (QED) is 0.818. The minimum Gasteiger partial charge on any atom is -0.392 e. The standard InChI is InChI=1S/C13H18N2O/c1-10(16)7-14-8-11-9-15(2)13-6-4-3-5-12(11)13/h3-6,9-10,14,16H,7-8H2,1-2H3/t10-/m0/s1. The van der Waals surface area contributed by atoms with Crippen LogP contribution in [0.1, 0.15) is 12.5 Å². The van der Waals surface area contributed by atoms with Gasteiger partial charge in [-0.15, -0.1) is 0 Å². The normalized spacial score (nSPS) is 13.2. The highest BCUT2D eigenvalue weighted by atomic mass is 16.3. The molecule has 0 unspecified atom stereocenters. The van der Waals surface area contributed by atoms with Crippen molar-refractivity contribution < 1.29 is 5.11 Å². The first-order valence-electron chi connectivity index (χ1n) is 5.60. The van der Waals surface area contributed by atoms with Crippen molar-refractivity contribution in [3.8, 4) is 0 Å². The van der Waals surface area contributed by atoms with Crippen molar-refractivity contribution in [1.82, 2.24) is 9.88 Å². The minimum atomic E-state index is -0.296. The highest BCUT2D eigenvalue weighted by molar-refractivity contribution is 5.83. The van der Waals surface area contributed by atoms with Gasteiger partial charge in [0.1, 0.15) is 0 Å². The number of benzene rings is 1. The molecule has 0 fully saturated rings. The molecule has 3 nitrogen and oxygen atoms in total. The van der Waals surface area contributed by atoms with Gasteiger partial charge in [0, 0.05) is 37.2 Å². The molecule has 2 aromatic rings. The Morgan fingerprint density at radius 1 is 1.38 bits per heavy atom. The predicted molar refractivity (Wildman–Crippen MR) is 66.3 cm³/mol. The van der Waals surface area contributed by atoms with Crippen LogP contribution in [0.3, 0.4) is 0 Å². The van der Waals surface area contributed by atoms with Crippen LogP contribution in [0.25, 0.3) is 10.9 Å². The number of aliphatic hydroxyl groups is 1. The van der Waals surface area contributed by atoms with E-state index in [9.17, 15) is 5.11 Å². The fourth-order valence-corrected chi connectivity index (χ4v) is 1.98. The summed E-state index contributed by atoms with van der Waals surface area (Å²) in [4.78, 5) is 0. The van der Waals surface area contributed by atoms with Gasteiger partial charge in [0.05, 0.1) is 6.10 Å². The summed E-state index contributed by atoms with van der Waals surface area (Å²) in [7, 11) is 2.06. The molecule has 1 aromatic carbocycles. The molecule has 0 aliphatic carbocycles. The lowest BCUT2D eigenvalue weighted by molar-refractivity contribution is 0.191. The topological polar surface area (TPSA) is 37.2 Å². The lowest BCUT2D eigenvalue weighted by Gasteiger charge is -2.05. The largest absolute Gasteiger partial charge is 0.392 e. The number of aromatic nitrogens is 1. The molecular weight excluding hydrogens is 200 g/mol.